The van der Waals surface area contributed by atoms with Crippen molar-refractivity contribution >= 4 is 21.7 Å². The van der Waals surface area contributed by atoms with Crippen LogP contribution < -0.4 is 0 Å². The first kappa shape index (κ1) is 7.99. The van der Waals surface area contributed by atoms with Gasteiger partial charge >= 0.3 is 0 Å². The number of ketones is 1. The first-order valence-electron chi connectivity index (χ1n) is 4.05. The van der Waals surface area contributed by atoms with E-state index in [1.54, 1.807) is 0 Å². The maximum Gasteiger partial charge on any atom is 0.140 e. The van der Waals surface area contributed by atoms with Gasteiger partial charge in [-0.25, -0.2) is 0 Å². The third-order valence-electron chi connectivity index (χ3n) is 2.32. The minimum Gasteiger partial charge on any atom is -0.299 e. The van der Waals surface area contributed by atoms with E-state index in [4.69, 9.17) is 0 Å². The van der Waals surface area contributed by atoms with Gasteiger partial charge in [0.25, 0.3) is 0 Å². The number of Topliss-reactive ketones (excluding diaryl/α,β-unsaturated/α-hetero) is 1. The highest BCUT2D eigenvalue weighted by atomic mass is 79.9. The Bertz CT molecular complexity index is 319. The molecule has 12 heavy (non-hydrogen) atoms. The molecule has 0 unspecified atom stereocenters. The molecule has 1 aromatic carbocycles. The van der Waals surface area contributed by atoms with Crippen molar-refractivity contribution in [2.24, 2.45) is 0 Å². The van der Waals surface area contributed by atoms with Crippen LogP contribution in [0.4, 0.5) is 0 Å². The number of carbonyl (C=O) groups excluding carboxylic acids is 1. The third-order valence-corrected chi connectivity index (χ3v) is 2.81. The van der Waals surface area contributed by atoms with Crippen molar-refractivity contribution in [3.63, 3.8) is 0 Å². The van der Waals surface area contributed by atoms with E-state index in [1.165, 1.54) is 0 Å². The van der Waals surface area contributed by atoms with Gasteiger partial charge in [-0.3, -0.25) is 4.79 Å². The van der Waals surface area contributed by atoms with Gasteiger partial charge < -0.3 is 0 Å². The summed E-state index contributed by atoms with van der Waals surface area (Å²) in [5.41, 5.74) is 1.15. The first-order valence-corrected chi connectivity index (χ1v) is 4.85. The predicted octanol–water partition coefficient (Wildman–Crippen LogP) is 2.90. The van der Waals surface area contributed by atoms with Crippen molar-refractivity contribution in [1.29, 1.82) is 0 Å². The quantitative estimate of drug-likeness (QED) is 0.718. The number of carbonyl (C=O) groups is 1. The lowest BCUT2D eigenvalue weighted by molar-refractivity contribution is -0.125. The molecule has 0 aliphatic heterocycles. The Kier molecular flexibility index (Phi) is 2.01. The van der Waals surface area contributed by atoms with Crippen molar-refractivity contribution in [2.45, 2.75) is 18.8 Å². The highest BCUT2D eigenvalue weighted by molar-refractivity contribution is 9.10. The molecule has 0 heterocycles. The fourth-order valence-electron chi connectivity index (χ4n) is 1.48. The number of benzene rings is 1. The van der Waals surface area contributed by atoms with Crippen molar-refractivity contribution in [3.05, 3.63) is 34.3 Å². The van der Waals surface area contributed by atoms with E-state index in [0.717, 1.165) is 22.9 Å². The average Bonchev–Trinajstić information content (AvgIpc) is 2.02. The van der Waals surface area contributed by atoms with Crippen LogP contribution in [-0.2, 0) is 4.79 Å². The predicted molar refractivity (Wildman–Crippen MR) is 51.1 cm³/mol. The second kappa shape index (κ2) is 3.02. The van der Waals surface area contributed by atoms with Gasteiger partial charge in [0.1, 0.15) is 5.78 Å². The fraction of sp³-hybridized carbons (Fsp3) is 0.300. The van der Waals surface area contributed by atoms with Crippen molar-refractivity contribution in [2.75, 3.05) is 0 Å². The molecule has 1 fully saturated rings. The molecule has 62 valence electrons. The lowest BCUT2D eigenvalue weighted by atomic mass is 9.79. The molecular formula is C10H9BrO. The molecule has 0 spiro atoms. The van der Waals surface area contributed by atoms with Gasteiger partial charge in [0.15, 0.2) is 0 Å². The van der Waals surface area contributed by atoms with Crippen molar-refractivity contribution in [1.82, 2.24) is 0 Å². The Morgan fingerprint density at radius 2 is 2.25 bits per heavy atom. The molecule has 1 saturated carbocycles. The van der Waals surface area contributed by atoms with Crippen LogP contribution in [0.1, 0.15) is 24.3 Å². The summed E-state index contributed by atoms with van der Waals surface area (Å²) >= 11 is 3.39. The Morgan fingerprint density at radius 1 is 1.42 bits per heavy atom. The van der Waals surface area contributed by atoms with Crippen molar-refractivity contribution in [3.8, 4) is 0 Å². The van der Waals surface area contributed by atoms with Crippen LogP contribution in [0, 0.1) is 0 Å². The topological polar surface area (TPSA) is 17.1 Å². The fourth-order valence-corrected chi connectivity index (χ4v) is 1.90. The summed E-state index contributed by atoms with van der Waals surface area (Å²) in [6.07, 6.45) is 1.78. The maximum atomic E-state index is 11.1. The van der Waals surface area contributed by atoms with Gasteiger partial charge in [-0.1, -0.05) is 28.1 Å². The van der Waals surface area contributed by atoms with Gasteiger partial charge in [0.05, 0.1) is 0 Å². The van der Waals surface area contributed by atoms with Crippen LogP contribution in [-0.4, -0.2) is 5.78 Å². The molecular weight excluding hydrogens is 216 g/mol. The molecule has 2 rings (SSSR count). The highest BCUT2D eigenvalue weighted by Crippen LogP contribution is 2.33. The Balaban J connectivity index is 2.28. The SMILES string of the molecule is O=C1CC[C@H]1c1cccc(Br)c1. The van der Waals surface area contributed by atoms with Crippen LogP contribution in [0.5, 0.6) is 0 Å². The molecule has 0 bridgehead atoms. The monoisotopic (exact) mass is 224 g/mol. The van der Waals surface area contributed by atoms with Crippen LogP contribution in [0.25, 0.3) is 0 Å². The van der Waals surface area contributed by atoms with E-state index >= 15 is 0 Å². The van der Waals surface area contributed by atoms with E-state index in [0.29, 0.717) is 5.78 Å². The molecule has 1 nitrogen and oxygen atoms in total. The zero-order chi connectivity index (χ0) is 8.55. The van der Waals surface area contributed by atoms with E-state index in [1.807, 2.05) is 24.3 Å². The van der Waals surface area contributed by atoms with Gasteiger partial charge in [0.2, 0.25) is 0 Å². The second-order valence-electron chi connectivity index (χ2n) is 3.11. The highest BCUT2D eigenvalue weighted by Gasteiger charge is 2.29. The summed E-state index contributed by atoms with van der Waals surface area (Å²) < 4.78 is 1.06. The molecule has 1 aliphatic carbocycles. The van der Waals surface area contributed by atoms with Crippen LogP contribution in [0.3, 0.4) is 0 Å². The lowest BCUT2D eigenvalue weighted by Gasteiger charge is -2.24. The molecule has 0 N–H and O–H groups in total. The maximum absolute atomic E-state index is 11.1. The minimum atomic E-state index is 0.183. The zero-order valence-electron chi connectivity index (χ0n) is 6.59. The van der Waals surface area contributed by atoms with Gasteiger partial charge in [-0.2, -0.15) is 0 Å². The van der Waals surface area contributed by atoms with Crippen molar-refractivity contribution < 1.29 is 4.79 Å². The van der Waals surface area contributed by atoms with Crippen LogP contribution in [0.15, 0.2) is 28.7 Å². The molecule has 0 amide bonds. The molecule has 0 radical (unpaired) electrons. The molecule has 0 aromatic heterocycles. The van der Waals surface area contributed by atoms with E-state index in [2.05, 4.69) is 15.9 Å². The summed E-state index contributed by atoms with van der Waals surface area (Å²) in [5.74, 6) is 0.565. The van der Waals surface area contributed by atoms with Crippen LogP contribution >= 0.6 is 15.9 Å². The number of rotatable bonds is 1. The molecule has 0 saturated heterocycles. The van der Waals surface area contributed by atoms with Gasteiger partial charge in [0, 0.05) is 16.8 Å². The summed E-state index contributed by atoms with van der Waals surface area (Å²) in [7, 11) is 0. The molecule has 1 atom stereocenters. The minimum absolute atomic E-state index is 0.183. The summed E-state index contributed by atoms with van der Waals surface area (Å²) in [4.78, 5) is 11.1. The van der Waals surface area contributed by atoms with E-state index in [9.17, 15) is 4.79 Å². The molecule has 1 aromatic rings. The zero-order valence-corrected chi connectivity index (χ0v) is 8.17. The molecule has 1 aliphatic rings. The van der Waals surface area contributed by atoms with E-state index < -0.39 is 0 Å². The van der Waals surface area contributed by atoms with E-state index in [-0.39, 0.29) is 5.92 Å². The average molecular weight is 225 g/mol. The largest absolute Gasteiger partial charge is 0.299 e. The number of halogens is 1. The normalized spacial score (nSPS) is 22.1. The summed E-state index contributed by atoms with van der Waals surface area (Å²) in [6.45, 7) is 0. The number of hydrogen-bond donors (Lipinski definition) is 0. The number of hydrogen-bond acceptors (Lipinski definition) is 1. The van der Waals surface area contributed by atoms with Crippen LogP contribution in [0.2, 0.25) is 0 Å². The lowest BCUT2D eigenvalue weighted by Crippen LogP contribution is -2.22. The summed E-state index contributed by atoms with van der Waals surface area (Å²) in [6, 6.07) is 8.01. The Morgan fingerprint density at radius 3 is 2.75 bits per heavy atom. The Labute approximate surface area is 79.9 Å². The standard InChI is InChI=1S/C10H9BrO/c11-8-3-1-2-7(6-8)9-4-5-10(9)12/h1-3,6,9H,4-5H2/t9-/m0/s1. The van der Waals surface area contributed by atoms with Gasteiger partial charge in [-0.15, -0.1) is 0 Å². The summed E-state index contributed by atoms with van der Waals surface area (Å²) in [5, 5.41) is 0. The Hall–Kier alpha value is -0.630. The molecule has 2 heteroatoms. The first-order chi connectivity index (χ1) is 5.77. The van der Waals surface area contributed by atoms with Gasteiger partial charge in [-0.05, 0) is 24.1 Å². The third kappa shape index (κ3) is 1.31. The second-order valence-corrected chi connectivity index (χ2v) is 4.03. The smallest absolute Gasteiger partial charge is 0.140 e.